The first-order valence-electron chi connectivity index (χ1n) is 7.27. The molecule has 0 atom stereocenters. The van der Waals surface area contributed by atoms with Crippen molar-refractivity contribution in [1.29, 1.82) is 0 Å². The van der Waals surface area contributed by atoms with Crippen LogP contribution in [0.4, 0.5) is 10.3 Å². The molecule has 3 rings (SSSR count). The molecule has 0 radical (unpaired) electrons. The van der Waals surface area contributed by atoms with Crippen molar-refractivity contribution in [3.8, 4) is 0 Å². The summed E-state index contributed by atoms with van der Waals surface area (Å²) in [6.45, 7) is -0.0900. The lowest BCUT2D eigenvalue weighted by Crippen LogP contribution is -2.29. The van der Waals surface area contributed by atoms with E-state index < -0.39 is 17.3 Å². The smallest absolute Gasteiger partial charge is 0.263 e. The highest BCUT2D eigenvalue weighted by molar-refractivity contribution is 6.31. The molecule has 126 valence electrons. The first-order chi connectivity index (χ1) is 12.1. The van der Waals surface area contributed by atoms with Gasteiger partial charge in [0.1, 0.15) is 11.4 Å². The molecule has 0 bridgehead atoms. The Hall–Kier alpha value is -3.06. The molecule has 0 aliphatic carbocycles. The Morgan fingerprint density at radius 2 is 1.92 bits per heavy atom. The van der Waals surface area contributed by atoms with Crippen LogP contribution < -0.4 is 10.9 Å². The molecule has 25 heavy (non-hydrogen) atoms. The van der Waals surface area contributed by atoms with Crippen molar-refractivity contribution in [1.82, 2.24) is 14.5 Å². The fourth-order valence-electron chi connectivity index (χ4n) is 2.22. The second-order valence-corrected chi connectivity index (χ2v) is 5.49. The molecular weight excluding hydrogens is 347 g/mol. The van der Waals surface area contributed by atoms with E-state index in [1.807, 2.05) is 0 Å². The highest BCUT2D eigenvalue weighted by Crippen LogP contribution is 2.19. The molecule has 1 aromatic carbocycles. The molecule has 1 N–H and O–H groups in total. The summed E-state index contributed by atoms with van der Waals surface area (Å²) < 4.78 is 15.1. The Bertz CT molecular complexity index is 956. The summed E-state index contributed by atoms with van der Waals surface area (Å²) in [6, 6.07) is 8.78. The molecule has 8 heteroatoms. The topological polar surface area (TPSA) is 76.9 Å². The SMILES string of the molecule is O=C(Nc1ncccn1)c1cccn(Cc2c(F)cccc2Cl)c1=O. The number of carbonyl (C=O) groups excluding carboxylic acids is 1. The van der Waals surface area contributed by atoms with E-state index in [-0.39, 0.29) is 28.6 Å². The van der Waals surface area contributed by atoms with Crippen LogP contribution in [0.2, 0.25) is 5.02 Å². The molecule has 0 unspecified atom stereocenters. The van der Waals surface area contributed by atoms with Crippen molar-refractivity contribution in [3.05, 3.63) is 87.3 Å². The molecule has 0 saturated heterocycles. The Kier molecular flexibility index (Phi) is 4.85. The van der Waals surface area contributed by atoms with Crippen molar-refractivity contribution in [3.63, 3.8) is 0 Å². The number of rotatable bonds is 4. The van der Waals surface area contributed by atoms with E-state index in [1.165, 1.54) is 53.5 Å². The van der Waals surface area contributed by atoms with Gasteiger partial charge in [-0.2, -0.15) is 0 Å². The van der Waals surface area contributed by atoms with Crippen LogP contribution in [0.15, 0.2) is 59.8 Å². The van der Waals surface area contributed by atoms with E-state index in [9.17, 15) is 14.0 Å². The fourth-order valence-corrected chi connectivity index (χ4v) is 2.44. The molecule has 1 amide bonds. The van der Waals surface area contributed by atoms with Gasteiger partial charge in [0.2, 0.25) is 5.95 Å². The maximum atomic E-state index is 13.9. The molecule has 0 spiro atoms. The lowest BCUT2D eigenvalue weighted by Gasteiger charge is -2.10. The first kappa shape index (κ1) is 16.8. The number of anilines is 1. The van der Waals surface area contributed by atoms with Gasteiger partial charge in [-0.05, 0) is 30.3 Å². The summed E-state index contributed by atoms with van der Waals surface area (Å²) >= 11 is 5.99. The predicted molar refractivity (Wildman–Crippen MR) is 91.2 cm³/mol. The van der Waals surface area contributed by atoms with Gasteiger partial charge in [0.15, 0.2) is 0 Å². The average molecular weight is 359 g/mol. The predicted octanol–water partition coefficient (Wildman–Crippen LogP) is 2.73. The zero-order chi connectivity index (χ0) is 17.8. The number of aromatic nitrogens is 3. The summed E-state index contributed by atoms with van der Waals surface area (Å²) in [4.78, 5) is 32.5. The number of hydrogen-bond donors (Lipinski definition) is 1. The lowest BCUT2D eigenvalue weighted by atomic mass is 10.2. The standard InChI is InChI=1S/C17H12ClFN4O2/c18-13-5-1-6-14(19)12(13)10-23-9-2-4-11(16(23)25)15(24)22-17-20-7-3-8-21-17/h1-9H,10H2,(H,20,21,22,24). The van der Waals surface area contributed by atoms with Gasteiger partial charge in [-0.1, -0.05) is 17.7 Å². The monoisotopic (exact) mass is 358 g/mol. The maximum Gasteiger partial charge on any atom is 0.263 e. The molecule has 2 heterocycles. The minimum Gasteiger partial charge on any atom is -0.310 e. The van der Waals surface area contributed by atoms with Crippen molar-refractivity contribution in [2.75, 3.05) is 5.32 Å². The van der Waals surface area contributed by atoms with Crippen LogP contribution in [0.3, 0.4) is 0 Å². The fraction of sp³-hybridized carbons (Fsp3) is 0.0588. The van der Waals surface area contributed by atoms with Crippen LogP contribution in [-0.2, 0) is 6.54 Å². The Morgan fingerprint density at radius 3 is 2.64 bits per heavy atom. The van der Waals surface area contributed by atoms with Gasteiger partial charge in [-0.25, -0.2) is 14.4 Å². The van der Waals surface area contributed by atoms with E-state index in [4.69, 9.17) is 11.6 Å². The lowest BCUT2D eigenvalue weighted by molar-refractivity contribution is 0.102. The molecule has 0 saturated carbocycles. The number of carbonyl (C=O) groups is 1. The number of nitrogens with one attached hydrogen (secondary N) is 1. The molecular formula is C17H12ClFN4O2. The van der Waals surface area contributed by atoms with E-state index in [1.54, 1.807) is 6.07 Å². The Labute approximate surface area is 146 Å². The van der Waals surface area contributed by atoms with Crippen LogP contribution in [-0.4, -0.2) is 20.4 Å². The molecule has 0 fully saturated rings. The minimum atomic E-state index is -0.648. The average Bonchev–Trinajstić information content (AvgIpc) is 2.60. The third-order valence-corrected chi connectivity index (χ3v) is 3.80. The van der Waals surface area contributed by atoms with Gasteiger partial charge in [0.25, 0.3) is 11.5 Å². The zero-order valence-electron chi connectivity index (χ0n) is 12.8. The molecule has 2 aromatic heterocycles. The van der Waals surface area contributed by atoms with Crippen LogP contribution in [0.1, 0.15) is 15.9 Å². The third kappa shape index (κ3) is 3.72. The number of pyridine rings is 1. The summed E-state index contributed by atoms with van der Waals surface area (Å²) in [5.74, 6) is -1.09. The second-order valence-electron chi connectivity index (χ2n) is 5.08. The minimum absolute atomic E-state index is 0.0828. The van der Waals surface area contributed by atoms with Gasteiger partial charge in [0, 0.05) is 29.2 Å². The Morgan fingerprint density at radius 1 is 1.16 bits per heavy atom. The summed E-state index contributed by atoms with van der Waals surface area (Å²) in [6.07, 6.45) is 4.39. The summed E-state index contributed by atoms with van der Waals surface area (Å²) in [5.41, 5.74) is -0.507. The maximum absolute atomic E-state index is 13.9. The van der Waals surface area contributed by atoms with E-state index in [2.05, 4.69) is 15.3 Å². The third-order valence-electron chi connectivity index (χ3n) is 3.45. The molecule has 6 nitrogen and oxygen atoms in total. The quantitative estimate of drug-likeness (QED) is 0.778. The molecule has 0 aliphatic rings. The zero-order valence-corrected chi connectivity index (χ0v) is 13.6. The van der Waals surface area contributed by atoms with Gasteiger partial charge in [0.05, 0.1) is 6.54 Å². The normalized spacial score (nSPS) is 10.5. The number of hydrogen-bond acceptors (Lipinski definition) is 4. The first-order valence-corrected chi connectivity index (χ1v) is 7.65. The van der Waals surface area contributed by atoms with Crippen molar-refractivity contribution < 1.29 is 9.18 Å². The highest BCUT2D eigenvalue weighted by Gasteiger charge is 2.15. The van der Waals surface area contributed by atoms with Crippen molar-refractivity contribution in [2.45, 2.75) is 6.54 Å². The van der Waals surface area contributed by atoms with Crippen LogP contribution in [0.5, 0.6) is 0 Å². The number of nitrogens with zero attached hydrogens (tertiary/aromatic N) is 3. The van der Waals surface area contributed by atoms with Crippen molar-refractivity contribution >= 4 is 23.5 Å². The van der Waals surface area contributed by atoms with Gasteiger partial charge >= 0.3 is 0 Å². The highest BCUT2D eigenvalue weighted by atomic mass is 35.5. The number of halogens is 2. The largest absolute Gasteiger partial charge is 0.310 e. The van der Waals surface area contributed by atoms with Crippen LogP contribution in [0.25, 0.3) is 0 Å². The van der Waals surface area contributed by atoms with Gasteiger partial charge in [-0.3, -0.25) is 14.9 Å². The summed E-state index contributed by atoms with van der Waals surface area (Å²) in [7, 11) is 0. The van der Waals surface area contributed by atoms with E-state index >= 15 is 0 Å². The van der Waals surface area contributed by atoms with Crippen LogP contribution >= 0.6 is 11.6 Å². The number of amides is 1. The molecule has 0 aliphatic heterocycles. The van der Waals surface area contributed by atoms with Crippen molar-refractivity contribution in [2.24, 2.45) is 0 Å². The van der Waals surface area contributed by atoms with Gasteiger partial charge in [-0.15, -0.1) is 0 Å². The van der Waals surface area contributed by atoms with Crippen LogP contribution in [0, 0.1) is 5.82 Å². The number of benzene rings is 1. The second kappa shape index (κ2) is 7.23. The van der Waals surface area contributed by atoms with E-state index in [0.29, 0.717) is 0 Å². The van der Waals surface area contributed by atoms with Gasteiger partial charge < -0.3 is 4.57 Å². The Balaban J connectivity index is 1.90. The molecule has 3 aromatic rings. The van der Waals surface area contributed by atoms with E-state index in [0.717, 1.165) is 0 Å². The summed E-state index contributed by atoms with van der Waals surface area (Å²) in [5, 5.41) is 2.65.